The lowest BCUT2D eigenvalue weighted by Gasteiger charge is -2.24. The van der Waals surface area contributed by atoms with Crippen molar-refractivity contribution in [1.29, 1.82) is 0 Å². The zero-order valence-electron chi connectivity index (χ0n) is 12.1. The molecule has 6 heteroatoms. The standard InChI is InChI=1S/C14H21F2N3O/c1-4-5-19(9-13(20)18-3)14-11(15)6-10(8-17-2)7-12(14)16/h6-7,17H,4-5,8-9H2,1-3H3,(H,18,20). The molecule has 1 amide bonds. The quantitative estimate of drug-likeness (QED) is 0.800. The highest BCUT2D eigenvalue weighted by Crippen LogP contribution is 2.25. The number of rotatable bonds is 7. The molecule has 0 fully saturated rings. The van der Waals surface area contributed by atoms with E-state index in [4.69, 9.17) is 0 Å². The van der Waals surface area contributed by atoms with E-state index in [-0.39, 0.29) is 18.1 Å². The van der Waals surface area contributed by atoms with E-state index in [1.165, 1.54) is 24.1 Å². The van der Waals surface area contributed by atoms with E-state index in [0.717, 1.165) is 0 Å². The second-order valence-corrected chi connectivity index (χ2v) is 4.53. The Bertz CT molecular complexity index is 443. The number of hydrogen-bond donors (Lipinski definition) is 2. The molecule has 1 aromatic rings. The number of amides is 1. The van der Waals surface area contributed by atoms with Crippen molar-refractivity contribution in [3.63, 3.8) is 0 Å². The normalized spacial score (nSPS) is 10.4. The first kappa shape index (κ1) is 16.4. The van der Waals surface area contributed by atoms with Crippen molar-refractivity contribution in [3.05, 3.63) is 29.3 Å². The fourth-order valence-electron chi connectivity index (χ4n) is 2.02. The molecular formula is C14H21F2N3O. The highest BCUT2D eigenvalue weighted by Gasteiger charge is 2.19. The fraction of sp³-hybridized carbons (Fsp3) is 0.500. The number of carbonyl (C=O) groups excluding carboxylic acids is 1. The SMILES string of the molecule is CCCN(CC(=O)NC)c1c(F)cc(CNC)cc1F. The summed E-state index contributed by atoms with van der Waals surface area (Å²) in [4.78, 5) is 12.9. The van der Waals surface area contributed by atoms with Gasteiger partial charge in [-0.15, -0.1) is 0 Å². The minimum absolute atomic E-state index is 0.0659. The molecule has 0 unspecified atom stereocenters. The van der Waals surface area contributed by atoms with E-state index in [2.05, 4.69) is 10.6 Å². The van der Waals surface area contributed by atoms with E-state index < -0.39 is 11.6 Å². The summed E-state index contributed by atoms with van der Waals surface area (Å²) in [5.41, 5.74) is 0.387. The summed E-state index contributed by atoms with van der Waals surface area (Å²) in [5.74, 6) is -1.57. The first-order valence-electron chi connectivity index (χ1n) is 6.61. The largest absolute Gasteiger partial charge is 0.358 e. The maximum Gasteiger partial charge on any atom is 0.239 e. The van der Waals surface area contributed by atoms with Gasteiger partial charge in [0.05, 0.1) is 6.54 Å². The second-order valence-electron chi connectivity index (χ2n) is 4.53. The number of halogens is 2. The molecule has 1 aromatic carbocycles. The van der Waals surface area contributed by atoms with E-state index in [9.17, 15) is 13.6 Å². The van der Waals surface area contributed by atoms with Gasteiger partial charge in [-0.3, -0.25) is 4.79 Å². The first-order valence-corrected chi connectivity index (χ1v) is 6.61. The van der Waals surface area contributed by atoms with Crippen LogP contribution in [0, 0.1) is 11.6 Å². The smallest absolute Gasteiger partial charge is 0.239 e. The number of anilines is 1. The molecule has 0 aliphatic rings. The summed E-state index contributed by atoms with van der Waals surface area (Å²) in [5, 5.41) is 5.30. The van der Waals surface area contributed by atoms with Crippen LogP contribution >= 0.6 is 0 Å². The molecule has 0 saturated carbocycles. The molecule has 0 aromatic heterocycles. The van der Waals surface area contributed by atoms with E-state index in [1.54, 1.807) is 7.05 Å². The predicted molar refractivity (Wildman–Crippen MR) is 75.7 cm³/mol. The highest BCUT2D eigenvalue weighted by atomic mass is 19.1. The summed E-state index contributed by atoms with van der Waals surface area (Å²) in [7, 11) is 3.20. The summed E-state index contributed by atoms with van der Waals surface area (Å²) in [6.07, 6.45) is 0.689. The van der Waals surface area contributed by atoms with Gasteiger partial charge in [-0.05, 0) is 31.2 Å². The van der Waals surface area contributed by atoms with Gasteiger partial charge in [0, 0.05) is 20.1 Å². The van der Waals surface area contributed by atoms with Crippen LogP contribution in [0.2, 0.25) is 0 Å². The fourth-order valence-corrected chi connectivity index (χ4v) is 2.02. The molecule has 1 rings (SSSR count). The zero-order valence-corrected chi connectivity index (χ0v) is 12.1. The van der Waals surface area contributed by atoms with E-state index in [0.29, 0.717) is 25.1 Å². The minimum atomic E-state index is -0.646. The molecule has 20 heavy (non-hydrogen) atoms. The van der Waals surface area contributed by atoms with Crippen molar-refractivity contribution >= 4 is 11.6 Å². The molecule has 112 valence electrons. The molecule has 2 N–H and O–H groups in total. The van der Waals surface area contributed by atoms with Crippen LogP contribution in [0.25, 0.3) is 0 Å². The Hall–Kier alpha value is -1.69. The van der Waals surface area contributed by atoms with Gasteiger partial charge < -0.3 is 15.5 Å². The molecule has 0 heterocycles. The molecule has 4 nitrogen and oxygen atoms in total. The number of nitrogens with zero attached hydrogens (tertiary/aromatic N) is 1. The first-order chi connectivity index (χ1) is 9.53. The Labute approximate surface area is 118 Å². The molecule has 0 atom stereocenters. The van der Waals surface area contributed by atoms with Gasteiger partial charge in [-0.1, -0.05) is 6.92 Å². The van der Waals surface area contributed by atoms with Crippen LogP contribution in [0.4, 0.5) is 14.5 Å². The average molecular weight is 285 g/mol. The third-order valence-electron chi connectivity index (χ3n) is 2.88. The lowest BCUT2D eigenvalue weighted by Crippen LogP contribution is -2.37. The summed E-state index contributed by atoms with van der Waals surface area (Å²) in [6, 6.07) is 2.59. The third-order valence-corrected chi connectivity index (χ3v) is 2.88. The van der Waals surface area contributed by atoms with Gasteiger partial charge in [-0.25, -0.2) is 8.78 Å². The predicted octanol–water partition coefficient (Wildman–Crippen LogP) is 1.65. The van der Waals surface area contributed by atoms with Crippen LogP contribution in [-0.4, -0.2) is 33.1 Å². The highest BCUT2D eigenvalue weighted by molar-refractivity contribution is 5.81. The molecular weight excluding hydrogens is 264 g/mol. The van der Waals surface area contributed by atoms with Crippen molar-refractivity contribution < 1.29 is 13.6 Å². The molecule has 0 saturated heterocycles. The maximum absolute atomic E-state index is 14.1. The minimum Gasteiger partial charge on any atom is -0.358 e. The Morgan fingerprint density at radius 2 is 1.85 bits per heavy atom. The van der Waals surface area contributed by atoms with E-state index in [1.807, 2.05) is 6.92 Å². The molecule has 0 radical (unpaired) electrons. The van der Waals surface area contributed by atoms with Crippen LogP contribution in [0.1, 0.15) is 18.9 Å². The van der Waals surface area contributed by atoms with Crippen LogP contribution < -0.4 is 15.5 Å². The zero-order chi connectivity index (χ0) is 15.1. The van der Waals surface area contributed by atoms with Crippen molar-refractivity contribution in [1.82, 2.24) is 10.6 Å². The molecule has 0 spiro atoms. The summed E-state index contributed by atoms with van der Waals surface area (Å²) in [6.45, 7) is 2.62. The second kappa shape index (κ2) is 7.79. The molecule has 0 aliphatic carbocycles. The lowest BCUT2D eigenvalue weighted by atomic mass is 10.1. The van der Waals surface area contributed by atoms with Crippen molar-refractivity contribution in [2.75, 3.05) is 32.1 Å². The van der Waals surface area contributed by atoms with E-state index >= 15 is 0 Å². The van der Waals surface area contributed by atoms with Gasteiger partial charge in [0.2, 0.25) is 5.91 Å². The van der Waals surface area contributed by atoms with Crippen LogP contribution in [-0.2, 0) is 11.3 Å². The number of carbonyl (C=O) groups is 1. The molecule has 0 bridgehead atoms. The summed E-state index contributed by atoms with van der Waals surface area (Å²) < 4.78 is 28.2. The lowest BCUT2D eigenvalue weighted by molar-refractivity contribution is -0.119. The monoisotopic (exact) mass is 285 g/mol. The van der Waals surface area contributed by atoms with Crippen LogP contribution in [0.3, 0.4) is 0 Å². The number of likely N-dealkylation sites (N-methyl/N-ethyl adjacent to an activating group) is 1. The van der Waals surface area contributed by atoms with Gasteiger partial charge in [0.25, 0.3) is 0 Å². The van der Waals surface area contributed by atoms with Crippen LogP contribution in [0.5, 0.6) is 0 Å². The Kier molecular flexibility index (Phi) is 6.38. The van der Waals surface area contributed by atoms with Crippen molar-refractivity contribution in [3.8, 4) is 0 Å². The molecule has 0 aliphatic heterocycles. The Morgan fingerprint density at radius 1 is 1.25 bits per heavy atom. The Balaban J connectivity index is 3.09. The average Bonchev–Trinajstić information content (AvgIpc) is 2.38. The van der Waals surface area contributed by atoms with Gasteiger partial charge in [0.15, 0.2) is 0 Å². The number of benzene rings is 1. The third kappa shape index (κ3) is 4.16. The van der Waals surface area contributed by atoms with Crippen molar-refractivity contribution in [2.45, 2.75) is 19.9 Å². The van der Waals surface area contributed by atoms with Gasteiger partial charge in [-0.2, -0.15) is 0 Å². The topological polar surface area (TPSA) is 44.4 Å². The number of hydrogen-bond acceptors (Lipinski definition) is 3. The maximum atomic E-state index is 14.1. The Morgan fingerprint density at radius 3 is 2.30 bits per heavy atom. The van der Waals surface area contributed by atoms with Gasteiger partial charge >= 0.3 is 0 Å². The van der Waals surface area contributed by atoms with Crippen LogP contribution in [0.15, 0.2) is 12.1 Å². The number of nitrogens with one attached hydrogen (secondary N) is 2. The van der Waals surface area contributed by atoms with Gasteiger partial charge in [0.1, 0.15) is 17.3 Å². The summed E-state index contributed by atoms with van der Waals surface area (Å²) >= 11 is 0. The van der Waals surface area contributed by atoms with Crippen molar-refractivity contribution in [2.24, 2.45) is 0 Å².